The quantitative estimate of drug-likeness (QED) is 0.806. The van der Waals surface area contributed by atoms with E-state index in [9.17, 15) is 9.90 Å². The first-order valence-corrected chi connectivity index (χ1v) is 9.11. The maximum absolute atomic E-state index is 12.5. The summed E-state index contributed by atoms with van der Waals surface area (Å²) in [6.45, 7) is 0.223. The Balaban J connectivity index is 1.50. The number of aliphatic hydroxyl groups excluding tert-OH is 1. The fraction of sp³-hybridized carbons (Fsp3) is 0.381. The van der Waals surface area contributed by atoms with Gasteiger partial charge in [-0.15, -0.1) is 0 Å². The Labute approximate surface area is 162 Å². The summed E-state index contributed by atoms with van der Waals surface area (Å²) in [5.74, 6) is -0.569. The van der Waals surface area contributed by atoms with Crippen LogP contribution in [0.25, 0.3) is 0 Å². The lowest BCUT2D eigenvalue weighted by Crippen LogP contribution is -2.63. The lowest BCUT2D eigenvalue weighted by Gasteiger charge is -2.46. The molecule has 2 aromatic carbocycles. The third-order valence-corrected chi connectivity index (χ3v) is 4.87. The number of esters is 1. The number of methoxy groups -OCH3 is 1. The summed E-state index contributed by atoms with van der Waals surface area (Å²) in [5.41, 5.74) is 1.21. The highest BCUT2D eigenvalue weighted by Crippen LogP contribution is 2.35. The minimum atomic E-state index is -1.13. The van der Waals surface area contributed by atoms with Gasteiger partial charge in [-0.1, -0.05) is 48.5 Å². The first kappa shape index (κ1) is 19.0. The number of fused-ring (bicyclic) bond motifs is 1. The number of carbonyl (C=O) groups is 1. The Bertz CT molecular complexity index is 782. The number of rotatable bonds is 4. The largest absolute Gasteiger partial charge is 0.450 e. The average Bonchev–Trinajstić information content (AvgIpc) is 2.76. The molecule has 0 saturated carbocycles. The Hall–Kier alpha value is -2.29. The maximum atomic E-state index is 12.5. The zero-order valence-corrected chi connectivity index (χ0v) is 15.3. The van der Waals surface area contributed by atoms with Gasteiger partial charge in [0.05, 0.1) is 12.2 Å². The molecule has 0 amide bonds. The van der Waals surface area contributed by atoms with Crippen molar-refractivity contribution < 1.29 is 33.6 Å². The smallest absolute Gasteiger partial charge is 0.338 e. The minimum absolute atomic E-state index is 0.223. The fourth-order valence-corrected chi connectivity index (χ4v) is 3.43. The normalized spacial score (nSPS) is 32.4. The molecule has 0 unspecified atom stereocenters. The third-order valence-electron chi connectivity index (χ3n) is 4.87. The van der Waals surface area contributed by atoms with Gasteiger partial charge in [0.15, 0.2) is 18.7 Å². The molecular formula is C21H22O7. The van der Waals surface area contributed by atoms with E-state index in [1.807, 2.05) is 30.3 Å². The summed E-state index contributed by atoms with van der Waals surface area (Å²) in [4.78, 5) is 12.5. The van der Waals surface area contributed by atoms with E-state index < -0.39 is 43.0 Å². The van der Waals surface area contributed by atoms with Crippen molar-refractivity contribution in [3.63, 3.8) is 0 Å². The Morgan fingerprint density at radius 2 is 1.71 bits per heavy atom. The number of hydrogen-bond acceptors (Lipinski definition) is 7. The van der Waals surface area contributed by atoms with Gasteiger partial charge in [0.25, 0.3) is 0 Å². The van der Waals surface area contributed by atoms with Crippen molar-refractivity contribution in [3.8, 4) is 0 Å². The molecule has 1 N–H and O–H groups in total. The second kappa shape index (κ2) is 8.38. The van der Waals surface area contributed by atoms with Crippen LogP contribution in [0, 0.1) is 0 Å². The van der Waals surface area contributed by atoms with Crippen LogP contribution >= 0.6 is 0 Å². The predicted molar refractivity (Wildman–Crippen MR) is 97.3 cm³/mol. The van der Waals surface area contributed by atoms with Crippen LogP contribution in [0.2, 0.25) is 0 Å². The highest BCUT2D eigenvalue weighted by molar-refractivity contribution is 5.89. The molecule has 2 heterocycles. The van der Waals surface area contributed by atoms with E-state index in [4.69, 9.17) is 23.7 Å². The fourth-order valence-electron chi connectivity index (χ4n) is 3.43. The van der Waals surface area contributed by atoms with E-state index in [1.165, 1.54) is 7.11 Å². The van der Waals surface area contributed by atoms with Crippen LogP contribution in [0.4, 0.5) is 0 Å². The molecule has 28 heavy (non-hydrogen) atoms. The van der Waals surface area contributed by atoms with Crippen molar-refractivity contribution in [2.75, 3.05) is 13.7 Å². The molecule has 0 spiro atoms. The second-order valence-corrected chi connectivity index (χ2v) is 6.68. The van der Waals surface area contributed by atoms with Gasteiger partial charge in [0.1, 0.15) is 18.3 Å². The average molecular weight is 386 g/mol. The van der Waals surface area contributed by atoms with Crippen molar-refractivity contribution in [3.05, 3.63) is 71.8 Å². The van der Waals surface area contributed by atoms with E-state index >= 15 is 0 Å². The zero-order chi connectivity index (χ0) is 19.5. The van der Waals surface area contributed by atoms with Crippen LogP contribution in [-0.4, -0.2) is 55.5 Å². The Morgan fingerprint density at radius 1 is 1.04 bits per heavy atom. The number of hydrogen-bond donors (Lipinski definition) is 1. The number of aliphatic hydroxyl groups is 1. The van der Waals surface area contributed by atoms with Crippen LogP contribution in [0.1, 0.15) is 22.2 Å². The first-order valence-electron chi connectivity index (χ1n) is 9.11. The van der Waals surface area contributed by atoms with Crippen molar-refractivity contribution in [2.45, 2.75) is 37.0 Å². The van der Waals surface area contributed by atoms with Crippen LogP contribution in [0.5, 0.6) is 0 Å². The molecule has 0 aromatic heterocycles. The number of carbonyl (C=O) groups excluding carboxylic acids is 1. The molecule has 2 aliphatic heterocycles. The zero-order valence-electron chi connectivity index (χ0n) is 15.3. The minimum Gasteiger partial charge on any atom is -0.450 e. The van der Waals surface area contributed by atoms with Crippen molar-refractivity contribution >= 4 is 5.97 Å². The molecule has 148 valence electrons. The Morgan fingerprint density at radius 3 is 2.39 bits per heavy atom. The molecule has 0 aliphatic carbocycles. The van der Waals surface area contributed by atoms with Crippen LogP contribution in [0.15, 0.2) is 60.7 Å². The molecule has 2 aliphatic rings. The number of benzene rings is 2. The summed E-state index contributed by atoms with van der Waals surface area (Å²) in [6, 6.07) is 18.0. The van der Waals surface area contributed by atoms with Gasteiger partial charge in [-0.3, -0.25) is 0 Å². The van der Waals surface area contributed by atoms with Crippen LogP contribution in [0.3, 0.4) is 0 Å². The highest BCUT2D eigenvalue weighted by Gasteiger charge is 2.51. The van der Waals surface area contributed by atoms with Gasteiger partial charge in [-0.2, -0.15) is 0 Å². The monoisotopic (exact) mass is 386 g/mol. The summed E-state index contributed by atoms with van der Waals surface area (Å²) >= 11 is 0. The highest BCUT2D eigenvalue weighted by atomic mass is 16.8. The van der Waals surface area contributed by atoms with Gasteiger partial charge in [-0.05, 0) is 12.1 Å². The van der Waals surface area contributed by atoms with Crippen molar-refractivity contribution in [2.24, 2.45) is 0 Å². The van der Waals surface area contributed by atoms with E-state index in [2.05, 4.69) is 0 Å². The third kappa shape index (κ3) is 3.80. The summed E-state index contributed by atoms with van der Waals surface area (Å²) < 4.78 is 28.4. The van der Waals surface area contributed by atoms with E-state index in [0.29, 0.717) is 5.56 Å². The SMILES string of the molecule is CO[C@@H]1O[C@H]2CO[C@@H](c3ccccc3)O[C@@H]2[C@@H](O)[C@@H]1OC(=O)c1ccccc1. The van der Waals surface area contributed by atoms with Gasteiger partial charge >= 0.3 is 5.97 Å². The van der Waals surface area contributed by atoms with Crippen LogP contribution < -0.4 is 0 Å². The molecule has 0 bridgehead atoms. The van der Waals surface area contributed by atoms with Gasteiger partial charge in [0, 0.05) is 12.7 Å². The topological polar surface area (TPSA) is 83.5 Å². The second-order valence-electron chi connectivity index (χ2n) is 6.68. The van der Waals surface area contributed by atoms with Gasteiger partial charge in [0.2, 0.25) is 0 Å². The van der Waals surface area contributed by atoms with Gasteiger partial charge in [-0.25, -0.2) is 4.79 Å². The van der Waals surface area contributed by atoms with E-state index in [0.717, 1.165) is 5.56 Å². The summed E-state index contributed by atoms with van der Waals surface area (Å²) in [5, 5.41) is 10.9. The molecule has 6 atom stereocenters. The Kier molecular flexibility index (Phi) is 5.70. The maximum Gasteiger partial charge on any atom is 0.338 e. The van der Waals surface area contributed by atoms with E-state index in [-0.39, 0.29) is 6.61 Å². The molecule has 2 fully saturated rings. The standard InChI is InChI=1S/C21H22O7/c1-24-21-18(27-19(23)13-8-4-2-5-9-13)16(22)17-15(26-21)12-25-20(28-17)14-10-6-3-7-11-14/h2-11,15-18,20-22H,12H2,1H3/t15-,16+,17-,18-,20+,21+/m0/s1. The lowest BCUT2D eigenvalue weighted by atomic mass is 9.97. The molecule has 2 aromatic rings. The molecule has 7 nitrogen and oxygen atoms in total. The molecule has 4 rings (SSSR count). The molecule has 0 radical (unpaired) electrons. The van der Waals surface area contributed by atoms with Crippen LogP contribution in [-0.2, 0) is 23.7 Å². The molecular weight excluding hydrogens is 364 g/mol. The first-order chi connectivity index (χ1) is 13.7. The predicted octanol–water partition coefficient (Wildman–Crippen LogP) is 2.06. The summed E-state index contributed by atoms with van der Waals surface area (Å²) in [7, 11) is 1.43. The summed E-state index contributed by atoms with van der Waals surface area (Å²) in [6.07, 6.45) is -4.99. The number of ether oxygens (including phenoxy) is 5. The lowest BCUT2D eigenvalue weighted by molar-refractivity contribution is -0.357. The van der Waals surface area contributed by atoms with Crippen molar-refractivity contribution in [1.29, 1.82) is 0 Å². The molecule has 7 heteroatoms. The van der Waals surface area contributed by atoms with Crippen molar-refractivity contribution in [1.82, 2.24) is 0 Å². The van der Waals surface area contributed by atoms with Gasteiger partial charge < -0.3 is 28.8 Å². The van der Waals surface area contributed by atoms with E-state index in [1.54, 1.807) is 30.3 Å². The molecule has 2 saturated heterocycles.